The molecule has 18 heavy (non-hydrogen) atoms. The molecular weight excluding hydrogens is 242 g/mol. The number of rotatable bonds is 3. The van der Waals surface area contributed by atoms with Gasteiger partial charge >= 0.3 is 5.97 Å². The predicted molar refractivity (Wildman–Crippen MR) is 60.4 cm³/mol. The first-order valence-corrected chi connectivity index (χ1v) is 5.33. The van der Waals surface area contributed by atoms with Crippen molar-refractivity contribution in [2.45, 2.75) is 13.3 Å². The summed E-state index contributed by atoms with van der Waals surface area (Å²) in [5.41, 5.74) is 0.0529. The van der Waals surface area contributed by atoms with Crippen molar-refractivity contribution in [3.8, 4) is 11.1 Å². The van der Waals surface area contributed by atoms with E-state index in [2.05, 4.69) is 0 Å². The highest BCUT2D eigenvalue weighted by molar-refractivity contribution is 5.97. The molecule has 0 atom stereocenters. The van der Waals surface area contributed by atoms with Crippen molar-refractivity contribution in [1.82, 2.24) is 0 Å². The van der Waals surface area contributed by atoms with E-state index < -0.39 is 17.6 Å². The summed E-state index contributed by atoms with van der Waals surface area (Å²) in [6, 6.07) is 2.98. The Balaban J connectivity index is 2.64. The van der Waals surface area contributed by atoms with E-state index in [-0.39, 0.29) is 22.5 Å². The van der Waals surface area contributed by atoms with Crippen molar-refractivity contribution < 1.29 is 23.1 Å². The predicted octanol–water partition coefficient (Wildman–Crippen LogP) is 3.49. The molecule has 0 spiro atoms. The van der Waals surface area contributed by atoms with Crippen LogP contribution in [0, 0.1) is 11.6 Å². The minimum absolute atomic E-state index is 0.0113. The number of hydrogen-bond donors (Lipinski definition) is 1. The second-order valence-corrected chi connectivity index (χ2v) is 3.73. The molecule has 0 amide bonds. The van der Waals surface area contributed by atoms with Gasteiger partial charge in [0, 0.05) is 23.6 Å². The molecule has 1 aromatic heterocycles. The Morgan fingerprint density at radius 1 is 1.33 bits per heavy atom. The standard InChI is InChI=1S/C13H10F2O3/c1-2-11-12(13(16)17)9(6-18-11)8-4-3-7(14)5-10(8)15/h3-6H,2H2,1H3,(H,16,17). The Hall–Kier alpha value is -2.17. The fourth-order valence-electron chi connectivity index (χ4n) is 1.80. The van der Waals surface area contributed by atoms with Gasteiger partial charge in [-0.15, -0.1) is 0 Å². The van der Waals surface area contributed by atoms with Crippen LogP contribution in [-0.4, -0.2) is 11.1 Å². The van der Waals surface area contributed by atoms with Crippen LogP contribution in [0.2, 0.25) is 0 Å². The van der Waals surface area contributed by atoms with Crippen molar-refractivity contribution in [3.05, 3.63) is 47.4 Å². The van der Waals surface area contributed by atoms with Crippen molar-refractivity contribution in [2.75, 3.05) is 0 Å². The first kappa shape index (κ1) is 12.3. The normalized spacial score (nSPS) is 10.6. The largest absolute Gasteiger partial charge is 0.478 e. The van der Waals surface area contributed by atoms with Crippen molar-refractivity contribution in [2.24, 2.45) is 0 Å². The van der Waals surface area contributed by atoms with Crippen LogP contribution in [0.5, 0.6) is 0 Å². The summed E-state index contributed by atoms with van der Waals surface area (Å²) in [5.74, 6) is -2.46. The molecule has 5 heteroatoms. The quantitative estimate of drug-likeness (QED) is 0.909. The zero-order chi connectivity index (χ0) is 13.3. The average Bonchev–Trinajstić information content (AvgIpc) is 2.72. The van der Waals surface area contributed by atoms with Crippen LogP contribution in [0.1, 0.15) is 23.0 Å². The molecule has 2 rings (SSSR count). The summed E-state index contributed by atoms with van der Waals surface area (Å²) in [7, 11) is 0. The lowest BCUT2D eigenvalue weighted by molar-refractivity contribution is 0.0695. The van der Waals surface area contributed by atoms with E-state index in [0.717, 1.165) is 6.07 Å². The average molecular weight is 252 g/mol. The van der Waals surface area contributed by atoms with Crippen molar-refractivity contribution >= 4 is 5.97 Å². The number of carboxylic acids is 1. The first-order valence-electron chi connectivity index (χ1n) is 5.33. The second kappa shape index (κ2) is 4.60. The van der Waals surface area contributed by atoms with Crippen molar-refractivity contribution in [3.63, 3.8) is 0 Å². The van der Waals surface area contributed by atoms with Gasteiger partial charge < -0.3 is 9.52 Å². The third-order valence-electron chi connectivity index (χ3n) is 2.62. The first-order chi connectivity index (χ1) is 8.54. The van der Waals surface area contributed by atoms with E-state index >= 15 is 0 Å². The topological polar surface area (TPSA) is 50.4 Å². The number of hydrogen-bond acceptors (Lipinski definition) is 2. The molecular formula is C13H10F2O3. The summed E-state index contributed by atoms with van der Waals surface area (Å²) < 4.78 is 31.5. The summed E-state index contributed by atoms with van der Waals surface area (Å²) in [5, 5.41) is 9.12. The summed E-state index contributed by atoms with van der Waals surface area (Å²) in [4.78, 5) is 11.2. The minimum Gasteiger partial charge on any atom is -0.478 e. The fraction of sp³-hybridized carbons (Fsp3) is 0.154. The Morgan fingerprint density at radius 3 is 2.61 bits per heavy atom. The molecule has 0 saturated heterocycles. The van der Waals surface area contributed by atoms with Crippen LogP contribution in [0.4, 0.5) is 8.78 Å². The van der Waals surface area contributed by atoms with Gasteiger partial charge in [0.05, 0.1) is 6.26 Å². The number of aryl methyl sites for hydroxylation is 1. The zero-order valence-corrected chi connectivity index (χ0v) is 9.54. The van der Waals surface area contributed by atoms with Gasteiger partial charge in [0.15, 0.2) is 0 Å². The fourth-order valence-corrected chi connectivity index (χ4v) is 1.80. The van der Waals surface area contributed by atoms with Crippen LogP contribution in [0.15, 0.2) is 28.9 Å². The highest BCUT2D eigenvalue weighted by Crippen LogP contribution is 2.30. The highest BCUT2D eigenvalue weighted by Gasteiger charge is 2.22. The van der Waals surface area contributed by atoms with E-state index in [9.17, 15) is 13.6 Å². The lowest BCUT2D eigenvalue weighted by Crippen LogP contribution is -2.01. The molecule has 0 aliphatic heterocycles. The van der Waals surface area contributed by atoms with Gasteiger partial charge in [0.25, 0.3) is 0 Å². The summed E-state index contributed by atoms with van der Waals surface area (Å²) in [6.07, 6.45) is 1.56. The van der Waals surface area contributed by atoms with E-state index in [0.29, 0.717) is 12.5 Å². The number of carboxylic acid groups (broad SMARTS) is 1. The van der Waals surface area contributed by atoms with Gasteiger partial charge in [-0.2, -0.15) is 0 Å². The molecule has 1 aromatic carbocycles. The molecule has 1 N–H and O–H groups in total. The van der Waals surface area contributed by atoms with Gasteiger partial charge in [-0.05, 0) is 12.1 Å². The van der Waals surface area contributed by atoms with Crippen LogP contribution in [0.3, 0.4) is 0 Å². The highest BCUT2D eigenvalue weighted by atomic mass is 19.1. The maximum atomic E-state index is 13.6. The third-order valence-corrected chi connectivity index (χ3v) is 2.62. The lowest BCUT2D eigenvalue weighted by atomic mass is 10.0. The van der Waals surface area contributed by atoms with Gasteiger partial charge in [-0.3, -0.25) is 0 Å². The van der Waals surface area contributed by atoms with Gasteiger partial charge in [-0.25, -0.2) is 13.6 Å². The number of halogens is 2. The molecule has 0 aliphatic carbocycles. The molecule has 1 heterocycles. The number of aromatic carboxylic acids is 1. The number of benzene rings is 1. The Morgan fingerprint density at radius 2 is 2.06 bits per heavy atom. The van der Waals surface area contributed by atoms with Crippen molar-refractivity contribution in [1.29, 1.82) is 0 Å². The molecule has 0 radical (unpaired) electrons. The Bertz CT molecular complexity index is 602. The SMILES string of the molecule is CCc1occ(-c2ccc(F)cc2F)c1C(=O)O. The van der Waals surface area contributed by atoms with Crippen LogP contribution >= 0.6 is 0 Å². The molecule has 2 aromatic rings. The second-order valence-electron chi connectivity index (χ2n) is 3.73. The molecule has 94 valence electrons. The Kier molecular flexibility index (Phi) is 3.14. The smallest absolute Gasteiger partial charge is 0.339 e. The maximum absolute atomic E-state index is 13.6. The molecule has 0 saturated carbocycles. The van der Waals surface area contributed by atoms with Crippen LogP contribution < -0.4 is 0 Å². The van der Waals surface area contributed by atoms with Gasteiger partial charge in [0.1, 0.15) is 23.0 Å². The molecule has 0 bridgehead atoms. The van der Waals surface area contributed by atoms with E-state index in [1.807, 2.05) is 0 Å². The number of furan rings is 1. The van der Waals surface area contributed by atoms with Crippen LogP contribution in [-0.2, 0) is 6.42 Å². The summed E-state index contributed by atoms with van der Waals surface area (Å²) in [6.45, 7) is 1.73. The summed E-state index contributed by atoms with van der Waals surface area (Å²) >= 11 is 0. The molecule has 0 fully saturated rings. The monoisotopic (exact) mass is 252 g/mol. The lowest BCUT2D eigenvalue weighted by Gasteiger charge is -2.02. The van der Waals surface area contributed by atoms with Gasteiger partial charge in [0.2, 0.25) is 0 Å². The number of carbonyl (C=O) groups is 1. The van der Waals surface area contributed by atoms with E-state index in [4.69, 9.17) is 9.52 Å². The van der Waals surface area contributed by atoms with E-state index in [1.165, 1.54) is 12.3 Å². The minimum atomic E-state index is -1.20. The Labute approximate surface area is 102 Å². The van der Waals surface area contributed by atoms with E-state index in [1.54, 1.807) is 6.92 Å². The maximum Gasteiger partial charge on any atom is 0.339 e. The third kappa shape index (κ3) is 1.99. The zero-order valence-electron chi connectivity index (χ0n) is 9.54. The molecule has 0 unspecified atom stereocenters. The van der Waals surface area contributed by atoms with Crippen LogP contribution in [0.25, 0.3) is 11.1 Å². The molecule has 0 aliphatic rings. The van der Waals surface area contributed by atoms with Gasteiger partial charge in [-0.1, -0.05) is 6.92 Å². The molecule has 3 nitrogen and oxygen atoms in total.